The maximum absolute atomic E-state index is 13.8. The number of carbonyl (C=O) groups is 1. The zero-order valence-corrected chi connectivity index (χ0v) is 20.3. The Morgan fingerprint density at radius 2 is 1.77 bits per heavy atom. The minimum Gasteiger partial charge on any atom is -0.493 e. The first kappa shape index (κ1) is 22.5. The molecule has 7 nitrogen and oxygen atoms in total. The van der Waals surface area contributed by atoms with Crippen molar-refractivity contribution in [1.82, 2.24) is 9.55 Å². The normalized spacial score (nSPS) is 14.9. The highest BCUT2D eigenvalue weighted by atomic mass is 16.5. The number of aromatic nitrogens is 2. The summed E-state index contributed by atoms with van der Waals surface area (Å²) in [5.41, 5.74) is 5.99. The molecule has 3 aromatic carbocycles. The van der Waals surface area contributed by atoms with Gasteiger partial charge in [-0.05, 0) is 60.9 Å². The summed E-state index contributed by atoms with van der Waals surface area (Å²) in [6.07, 6.45) is 0.945. The topological polar surface area (TPSA) is 77.4 Å². The molecular formula is C28H28N4O3. The lowest BCUT2D eigenvalue weighted by Crippen LogP contribution is -2.31. The third kappa shape index (κ3) is 3.99. The van der Waals surface area contributed by atoms with E-state index in [-0.39, 0.29) is 5.91 Å². The number of imidazole rings is 1. The van der Waals surface area contributed by atoms with Crippen molar-refractivity contribution >= 4 is 28.6 Å². The van der Waals surface area contributed by atoms with E-state index in [1.165, 1.54) is 5.56 Å². The number of benzene rings is 3. The molecule has 2 N–H and O–H groups in total. The van der Waals surface area contributed by atoms with Crippen molar-refractivity contribution in [3.8, 4) is 11.5 Å². The van der Waals surface area contributed by atoms with Crippen molar-refractivity contribution in [1.29, 1.82) is 0 Å². The number of nitrogens with zero attached hydrogens (tertiary/aromatic N) is 2. The lowest BCUT2D eigenvalue weighted by Gasteiger charge is -2.31. The first-order valence-corrected chi connectivity index (χ1v) is 11.6. The first-order valence-electron chi connectivity index (χ1n) is 11.6. The number of hydrogen-bond acceptors (Lipinski definition) is 5. The molecule has 1 aliphatic heterocycles. The molecule has 0 saturated carbocycles. The van der Waals surface area contributed by atoms with E-state index in [1.54, 1.807) is 14.2 Å². The van der Waals surface area contributed by atoms with E-state index < -0.39 is 6.04 Å². The zero-order chi connectivity index (χ0) is 24.5. The summed E-state index contributed by atoms with van der Waals surface area (Å²) in [5.74, 6) is 1.74. The summed E-state index contributed by atoms with van der Waals surface area (Å²) in [5, 5.41) is 6.44. The van der Waals surface area contributed by atoms with Crippen molar-refractivity contribution in [2.24, 2.45) is 0 Å². The van der Waals surface area contributed by atoms with E-state index in [1.807, 2.05) is 73.7 Å². The number of carbonyl (C=O) groups excluding carboxylic acids is 1. The van der Waals surface area contributed by atoms with Gasteiger partial charge >= 0.3 is 0 Å². The maximum atomic E-state index is 13.8. The molecule has 0 saturated heterocycles. The smallest absolute Gasteiger partial charge is 0.255 e. The van der Waals surface area contributed by atoms with Gasteiger partial charge in [0, 0.05) is 11.4 Å². The van der Waals surface area contributed by atoms with Gasteiger partial charge in [-0.3, -0.25) is 9.36 Å². The second-order valence-electron chi connectivity index (χ2n) is 8.48. The molecule has 0 fully saturated rings. The number of aryl methyl sites for hydroxylation is 1. The van der Waals surface area contributed by atoms with Gasteiger partial charge in [-0.2, -0.15) is 0 Å². The number of ether oxygens (including phenoxy) is 2. The quantitative estimate of drug-likeness (QED) is 0.388. The van der Waals surface area contributed by atoms with Gasteiger partial charge in [0.25, 0.3) is 5.91 Å². The summed E-state index contributed by atoms with van der Waals surface area (Å²) < 4.78 is 13.1. The van der Waals surface area contributed by atoms with Crippen molar-refractivity contribution < 1.29 is 14.3 Å². The van der Waals surface area contributed by atoms with Gasteiger partial charge in [0.1, 0.15) is 0 Å². The Hall–Kier alpha value is -4.26. The summed E-state index contributed by atoms with van der Waals surface area (Å²) in [6, 6.07) is 21.2. The van der Waals surface area contributed by atoms with E-state index in [4.69, 9.17) is 14.5 Å². The Bertz CT molecular complexity index is 1440. The van der Waals surface area contributed by atoms with Gasteiger partial charge in [-0.25, -0.2) is 4.98 Å². The average Bonchev–Trinajstić information content (AvgIpc) is 3.25. The SMILES string of the molecule is CCc1ccc(NC(=O)C2=C(C)Nc3nc4ccccc4n3[C@H]2c2ccc(OC)c(OC)c2)cc1. The van der Waals surface area contributed by atoms with Gasteiger partial charge in [0.2, 0.25) is 5.95 Å². The fourth-order valence-corrected chi connectivity index (χ4v) is 4.62. The molecule has 178 valence electrons. The Labute approximate surface area is 204 Å². The fraction of sp³-hybridized carbons (Fsp3) is 0.214. The number of methoxy groups -OCH3 is 2. The number of fused-ring (bicyclic) bond motifs is 3. The third-order valence-electron chi connectivity index (χ3n) is 6.42. The van der Waals surface area contributed by atoms with Crippen LogP contribution in [0.4, 0.5) is 11.6 Å². The number of para-hydroxylation sites is 2. The average molecular weight is 469 g/mol. The van der Waals surface area contributed by atoms with E-state index in [2.05, 4.69) is 22.1 Å². The highest BCUT2D eigenvalue weighted by molar-refractivity contribution is 6.06. The van der Waals surface area contributed by atoms with E-state index in [0.717, 1.165) is 34.4 Å². The first-order chi connectivity index (χ1) is 17.0. The van der Waals surface area contributed by atoms with Crippen LogP contribution in [0.1, 0.15) is 31.0 Å². The molecule has 0 bridgehead atoms. The van der Waals surface area contributed by atoms with E-state index >= 15 is 0 Å². The molecule has 0 spiro atoms. The molecule has 0 radical (unpaired) electrons. The van der Waals surface area contributed by atoms with Crippen LogP contribution in [0.5, 0.6) is 11.5 Å². The molecule has 0 unspecified atom stereocenters. The molecule has 7 heteroatoms. The van der Waals surface area contributed by atoms with Gasteiger partial charge in [0.15, 0.2) is 11.5 Å². The second-order valence-corrected chi connectivity index (χ2v) is 8.48. The number of anilines is 2. The van der Waals surface area contributed by atoms with Gasteiger partial charge in [0.05, 0.1) is 36.9 Å². The zero-order valence-electron chi connectivity index (χ0n) is 20.3. The molecule has 1 aliphatic rings. The van der Waals surface area contributed by atoms with Crippen LogP contribution in [0, 0.1) is 0 Å². The highest BCUT2D eigenvalue weighted by Crippen LogP contribution is 2.41. The third-order valence-corrected chi connectivity index (χ3v) is 6.42. The predicted octanol–water partition coefficient (Wildman–Crippen LogP) is 5.54. The van der Waals surface area contributed by atoms with Crippen molar-refractivity contribution in [3.63, 3.8) is 0 Å². The summed E-state index contributed by atoms with van der Waals surface area (Å²) in [6.45, 7) is 4.02. The van der Waals surface area contributed by atoms with E-state index in [0.29, 0.717) is 23.0 Å². The Morgan fingerprint density at radius 1 is 1.03 bits per heavy atom. The number of hydrogen-bond donors (Lipinski definition) is 2. The van der Waals surface area contributed by atoms with Crippen LogP contribution in [0.3, 0.4) is 0 Å². The Kier molecular flexibility index (Phi) is 5.91. The van der Waals surface area contributed by atoms with Crippen LogP contribution in [0.15, 0.2) is 78.0 Å². The van der Waals surface area contributed by atoms with Crippen molar-refractivity contribution in [2.75, 3.05) is 24.9 Å². The molecule has 1 atom stereocenters. The number of amides is 1. The monoisotopic (exact) mass is 468 g/mol. The Morgan fingerprint density at radius 3 is 2.49 bits per heavy atom. The van der Waals surface area contributed by atoms with Crippen LogP contribution in [0.25, 0.3) is 11.0 Å². The van der Waals surface area contributed by atoms with Crippen LogP contribution >= 0.6 is 0 Å². The van der Waals surface area contributed by atoms with E-state index in [9.17, 15) is 4.79 Å². The summed E-state index contributed by atoms with van der Waals surface area (Å²) >= 11 is 0. The van der Waals surface area contributed by atoms with Gasteiger partial charge < -0.3 is 20.1 Å². The van der Waals surface area contributed by atoms with Gasteiger partial charge in [-0.1, -0.05) is 37.3 Å². The molecule has 2 heterocycles. The molecule has 0 aliphatic carbocycles. The predicted molar refractivity (Wildman–Crippen MR) is 138 cm³/mol. The minimum absolute atomic E-state index is 0.178. The fourth-order valence-electron chi connectivity index (χ4n) is 4.62. The van der Waals surface area contributed by atoms with Crippen LogP contribution in [-0.4, -0.2) is 29.7 Å². The second kappa shape index (κ2) is 9.18. The molecule has 1 aromatic heterocycles. The highest BCUT2D eigenvalue weighted by Gasteiger charge is 2.34. The molecular weight excluding hydrogens is 440 g/mol. The van der Waals surface area contributed by atoms with Crippen molar-refractivity contribution in [3.05, 3.63) is 89.1 Å². The molecule has 1 amide bonds. The lowest BCUT2D eigenvalue weighted by molar-refractivity contribution is -0.113. The minimum atomic E-state index is -0.423. The molecule has 4 aromatic rings. The number of nitrogens with one attached hydrogen (secondary N) is 2. The number of rotatable bonds is 6. The van der Waals surface area contributed by atoms with Crippen LogP contribution < -0.4 is 20.1 Å². The standard InChI is InChI=1S/C28H28N4O3/c1-5-18-10-13-20(14-11-18)30-27(33)25-17(2)29-28-31-21-8-6-7-9-22(21)32(28)26(25)19-12-15-23(34-3)24(16-19)35-4/h6-16,26H,5H2,1-4H3,(H,29,31)(H,30,33)/t26-/m0/s1. The van der Waals surface area contributed by atoms with Gasteiger partial charge in [-0.15, -0.1) is 0 Å². The largest absolute Gasteiger partial charge is 0.493 e. The molecule has 35 heavy (non-hydrogen) atoms. The lowest BCUT2D eigenvalue weighted by atomic mass is 9.94. The maximum Gasteiger partial charge on any atom is 0.255 e. The molecule has 5 rings (SSSR count). The number of allylic oxidation sites excluding steroid dienone is 1. The van der Waals surface area contributed by atoms with Crippen molar-refractivity contribution in [2.45, 2.75) is 26.3 Å². The summed E-state index contributed by atoms with van der Waals surface area (Å²) in [7, 11) is 3.22. The Balaban J connectivity index is 1.65. The summed E-state index contributed by atoms with van der Waals surface area (Å²) in [4.78, 5) is 18.5. The van der Waals surface area contributed by atoms with Crippen LogP contribution in [-0.2, 0) is 11.2 Å². The van der Waals surface area contributed by atoms with Crippen LogP contribution in [0.2, 0.25) is 0 Å².